The van der Waals surface area contributed by atoms with Crippen molar-refractivity contribution in [2.24, 2.45) is 11.8 Å². The van der Waals surface area contributed by atoms with E-state index in [1.54, 1.807) is 13.2 Å². The molecule has 0 unspecified atom stereocenters. The highest BCUT2D eigenvalue weighted by Crippen LogP contribution is 2.65. The van der Waals surface area contributed by atoms with E-state index in [4.69, 9.17) is 22.1 Å². The van der Waals surface area contributed by atoms with E-state index < -0.39 is 0 Å². The molecule has 5 aliphatic rings. The van der Waals surface area contributed by atoms with E-state index in [9.17, 15) is 5.11 Å². The summed E-state index contributed by atoms with van der Waals surface area (Å²) < 4.78 is 12.2. The number of piperidine rings is 1. The van der Waals surface area contributed by atoms with Crippen LogP contribution in [0.4, 0.5) is 0 Å². The summed E-state index contributed by atoms with van der Waals surface area (Å²) in [6.07, 6.45) is 7.31. The zero-order chi connectivity index (χ0) is 17.6. The monoisotopic (exact) mass is 373 g/mol. The molecular weight excluding hydrogens is 346 g/mol. The topological polar surface area (TPSA) is 41.9 Å². The number of methoxy groups -OCH3 is 1. The Morgan fingerprint density at radius 3 is 2.96 bits per heavy atom. The molecule has 1 spiro atoms. The van der Waals surface area contributed by atoms with Gasteiger partial charge in [0.25, 0.3) is 0 Å². The Balaban J connectivity index is 1.54. The van der Waals surface area contributed by atoms with Gasteiger partial charge in [0.15, 0.2) is 11.5 Å². The van der Waals surface area contributed by atoms with Crippen molar-refractivity contribution < 1.29 is 14.6 Å². The minimum Gasteiger partial charge on any atom is -0.508 e. The molecule has 1 N–H and O–H groups in total. The first-order valence-electron chi connectivity index (χ1n) is 10.2. The van der Waals surface area contributed by atoms with Crippen LogP contribution >= 0.6 is 12.6 Å². The molecule has 26 heavy (non-hydrogen) atoms. The Labute approximate surface area is 160 Å². The van der Waals surface area contributed by atoms with E-state index in [1.165, 1.54) is 31.4 Å². The number of thiol groups is 1. The third-order valence-electron chi connectivity index (χ3n) is 7.90. The largest absolute Gasteiger partial charge is 0.508 e. The van der Waals surface area contributed by atoms with E-state index in [1.807, 2.05) is 0 Å². The molecule has 0 amide bonds. The predicted molar refractivity (Wildman–Crippen MR) is 103 cm³/mol. The highest BCUT2D eigenvalue weighted by Gasteiger charge is 2.65. The normalized spacial score (nSPS) is 40.1. The lowest BCUT2D eigenvalue weighted by atomic mass is 9.51. The van der Waals surface area contributed by atoms with Crippen molar-refractivity contribution in [3.05, 3.63) is 17.2 Å². The Hall–Kier alpha value is -1.07. The molecule has 4 nitrogen and oxygen atoms in total. The van der Waals surface area contributed by atoms with Crippen LogP contribution in [0.5, 0.6) is 17.2 Å². The van der Waals surface area contributed by atoms with Crippen LogP contribution in [0.1, 0.15) is 43.2 Å². The van der Waals surface area contributed by atoms with E-state index in [2.05, 4.69) is 4.90 Å². The standard InChI is InChI=1S/C21H27NO3S/c1-24-16-9-15(23)12-8-14-13-4-5-17(26)20-21(13,18(12)19(16)25-20)6-7-22(14)10-11-2-3-11/h9,11,13-14,17,20,23,26H,2-8,10H2,1H3/t13-,14+,17+,20-,21-/m0/s1. The van der Waals surface area contributed by atoms with Crippen molar-refractivity contribution in [3.8, 4) is 17.2 Å². The first kappa shape index (κ1) is 15.9. The molecule has 0 aromatic heterocycles. The first-order chi connectivity index (χ1) is 12.6. The van der Waals surface area contributed by atoms with Crippen molar-refractivity contribution in [2.45, 2.75) is 61.3 Å². The van der Waals surface area contributed by atoms with Gasteiger partial charge in [-0.15, -0.1) is 0 Å². The van der Waals surface area contributed by atoms with Gasteiger partial charge >= 0.3 is 0 Å². The molecule has 3 aliphatic carbocycles. The molecule has 1 saturated heterocycles. The van der Waals surface area contributed by atoms with Crippen LogP contribution in [0.3, 0.4) is 0 Å². The summed E-state index contributed by atoms with van der Waals surface area (Å²) in [6.45, 7) is 2.39. The van der Waals surface area contributed by atoms with Gasteiger partial charge in [-0.25, -0.2) is 0 Å². The molecule has 0 radical (unpaired) electrons. The van der Waals surface area contributed by atoms with E-state index in [0.29, 0.717) is 23.5 Å². The summed E-state index contributed by atoms with van der Waals surface area (Å²) in [4.78, 5) is 2.74. The summed E-state index contributed by atoms with van der Waals surface area (Å²) in [6, 6.07) is 2.30. The molecule has 2 saturated carbocycles. The van der Waals surface area contributed by atoms with E-state index in [0.717, 1.165) is 43.0 Å². The van der Waals surface area contributed by atoms with Crippen LogP contribution in [-0.4, -0.2) is 47.6 Å². The number of likely N-dealkylation sites (tertiary alicyclic amines) is 1. The Morgan fingerprint density at radius 2 is 2.19 bits per heavy atom. The van der Waals surface area contributed by atoms with Crippen LogP contribution in [-0.2, 0) is 11.8 Å². The quantitative estimate of drug-likeness (QED) is 0.799. The molecule has 2 heterocycles. The van der Waals surface area contributed by atoms with E-state index in [-0.39, 0.29) is 16.8 Å². The lowest BCUT2D eigenvalue weighted by Crippen LogP contribution is -2.66. The maximum Gasteiger partial charge on any atom is 0.166 e. The molecule has 1 aromatic rings. The van der Waals surface area contributed by atoms with Crippen LogP contribution in [0.2, 0.25) is 0 Å². The number of ether oxygens (including phenoxy) is 2. The summed E-state index contributed by atoms with van der Waals surface area (Å²) in [5.74, 6) is 3.49. The molecule has 1 aromatic carbocycles. The third-order valence-corrected chi connectivity index (χ3v) is 8.43. The molecular formula is C21H27NO3S. The number of hydrogen-bond donors (Lipinski definition) is 2. The smallest absolute Gasteiger partial charge is 0.166 e. The van der Waals surface area contributed by atoms with Gasteiger partial charge in [0.2, 0.25) is 0 Å². The molecule has 6 rings (SSSR count). The fourth-order valence-corrected chi connectivity index (χ4v) is 7.14. The third kappa shape index (κ3) is 1.86. The average molecular weight is 374 g/mol. The second kappa shape index (κ2) is 5.26. The fraction of sp³-hybridized carbons (Fsp3) is 0.714. The Kier molecular flexibility index (Phi) is 3.22. The van der Waals surface area contributed by atoms with Crippen molar-refractivity contribution >= 4 is 12.6 Å². The summed E-state index contributed by atoms with van der Waals surface area (Å²) in [7, 11) is 1.67. The number of nitrogens with zero attached hydrogens (tertiary/aromatic N) is 1. The van der Waals surface area contributed by atoms with Gasteiger partial charge in [0.1, 0.15) is 11.9 Å². The minimum absolute atomic E-state index is 0.0182. The average Bonchev–Trinajstić information content (AvgIpc) is 3.38. The molecule has 3 fully saturated rings. The van der Waals surface area contributed by atoms with Crippen molar-refractivity contribution in [1.82, 2.24) is 4.90 Å². The summed E-state index contributed by atoms with van der Waals surface area (Å²) in [5.41, 5.74) is 2.41. The predicted octanol–water partition coefficient (Wildman–Crippen LogP) is 3.15. The fourth-order valence-electron chi connectivity index (χ4n) is 6.66. The minimum atomic E-state index is 0.0182. The van der Waals surface area contributed by atoms with Crippen LogP contribution in [0.15, 0.2) is 6.07 Å². The molecule has 5 atom stereocenters. The summed E-state index contributed by atoms with van der Waals surface area (Å²) >= 11 is 4.94. The highest BCUT2D eigenvalue weighted by atomic mass is 32.1. The number of phenols is 1. The van der Waals surface area contributed by atoms with Crippen molar-refractivity contribution in [2.75, 3.05) is 20.2 Å². The van der Waals surface area contributed by atoms with Gasteiger partial charge in [-0.1, -0.05) is 0 Å². The molecule has 2 bridgehead atoms. The van der Waals surface area contributed by atoms with Crippen LogP contribution in [0.25, 0.3) is 0 Å². The maximum absolute atomic E-state index is 10.8. The van der Waals surface area contributed by atoms with E-state index >= 15 is 0 Å². The van der Waals surface area contributed by atoms with Crippen LogP contribution < -0.4 is 9.47 Å². The van der Waals surface area contributed by atoms with Gasteiger partial charge in [-0.3, -0.25) is 4.90 Å². The maximum atomic E-state index is 10.8. The molecule has 5 heteroatoms. The van der Waals surface area contributed by atoms with Gasteiger partial charge in [0.05, 0.1) is 7.11 Å². The summed E-state index contributed by atoms with van der Waals surface area (Å²) in [5, 5.41) is 11.1. The van der Waals surface area contributed by atoms with Gasteiger partial charge in [-0.2, -0.15) is 12.6 Å². The zero-order valence-electron chi connectivity index (χ0n) is 15.3. The van der Waals surface area contributed by atoms with Crippen molar-refractivity contribution in [1.29, 1.82) is 0 Å². The number of aromatic hydroxyl groups is 1. The number of hydrogen-bond acceptors (Lipinski definition) is 5. The lowest BCUT2D eigenvalue weighted by Gasteiger charge is -2.59. The van der Waals surface area contributed by atoms with Crippen LogP contribution in [0, 0.1) is 11.8 Å². The Bertz CT molecular complexity index is 779. The first-order valence-corrected chi connectivity index (χ1v) is 10.7. The second-order valence-corrected chi connectivity index (χ2v) is 9.73. The molecule has 2 aliphatic heterocycles. The second-order valence-electron chi connectivity index (χ2n) is 9.07. The number of phenolic OH excluding ortho intramolecular Hbond substituents is 1. The lowest BCUT2D eigenvalue weighted by molar-refractivity contribution is -0.0501. The highest BCUT2D eigenvalue weighted by molar-refractivity contribution is 7.81. The van der Waals surface area contributed by atoms with Crippen molar-refractivity contribution in [3.63, 3.8) is 0 Å². The van der Waals surface area contributed by atoms with Gasteiger partial charge in [-0.05, 0) is 56.9 Å². The Morgan fingerprint density at radius 1 is 1.35 bits per heavy atom. The van der Waals surface area contributed by atoms with Gasteiger partial charge < -0.3 is 14.6 Å². The SMILES string of the molecule is COc1cc(O)c2c3c1O[C@H]1[C@H](S)CC[C@H]4[C@@H](C2)N(CC2CC2)CC[C@@]341. The molecule has 140 valence electrons. The zero-order valence-corrected chi connectivity index (χ0v) is 16.2. The number of benzene rings is 1. The van der Waals surface area contributed by atoms with Gasteiger partial charge in [0, 0.05) is 40.4 Å². The number of rotatable bonds is 3.